The summed E-state index contributed by atoms with van der Waals surface area (Å²) in [6.07, 6.45) is 3.85. The first-order chi connectivity index (χ1) is 10.2. The van der Waals surface area contributed by atoms with Crippen molar-refractivity contribution in [3.05, 3.63) is 18.2 Å². The Bertz CT molecular complexity index is 664. The van der Waals surface area contributed by atoms with E-state index in [4.69, 9.17) is 4.74 Å². The van der Waals surface area contributed by atoms with Crippen LogP contribution >= 0.6 is 11.7 Å². The van der Waals surface area contributed by atoms with E-state index in [9.17, 15) is 9.59 Å². The average molecular weight is 305 g/mol. The number of rotatable bonds is 4. The zero-order valence-electron chi connectivity index (χ0n) is 11.4. The van der Waals surface area contributed by atoms with Gasteiger partial charge in [-0.3, -0.25) is 9.59 Å². The third-order valence-corrected chi connectivity index (χ3v) is 4.14. The fourth-order valence-corrected chi connectivity index (χ4v) is 3.06. The van der Waals surface area contributed by atoms with Gasteiger partial charge in [0.2, 0.25) is 0 Å². The molecule has 0 bridgehead atoms. The molecule has 2 aromatic rings. The number of hydrogen-bond acceptors (Lipinski definition) is 6. The van der Waals surface area contributed by atoms with Crippen molar-refractivity contribution in [1.29, 1.82) is 0 Å². The molecule has 1 aromatic carbocycles. The Morgan fingerprint density at radius 2 is 2.10 bits per heavy atom. The molecule has 21 heavy (non-hydrogen) atoms. The maximum absolute atomic E-state index is 11.9. The first-order valence-electron chi connectivity index (χ1n) is 6.92. The second-order valence-electron chi connectivity index (χ2n) is 5.07. The molecular weight excluding hydrogens is 290 g/mol. The number of aromatic nitrogens is 2. The molecule has 0 atom stereocenters. The van der Waals surface area contributed by atoms with E-state index in [-0.39, 0.29) is 24.4 Å². The predicted octanol–water partition coefficient (Wildman–Crippen LogP) is 2.36. The standard InChI is InChI=1S/C14H15N3O3S/c18-12(8-20-14(19)9-4-1-2-5-9)15-10-6-3-7-11-13(10)17-21-16-11/h3,6-7,9H,1-2,4-5,8H2,(H,15,18). The topological polar surface area (TPSA) is 81.2 Å². The number of carbonyl (C=O) groups is 2. The summed E-state index contributed by atoms with van der Waals surface area (Å²) < 4.78 is 13.3. The Labute approximate surface area is 125 Å². The van der Waals surface area contributed by atoms with E-state index in [0.717, 1.165) is 42.9 Å². The molecule has 110 valence electrons. The van der Waals surface area contributed by atoms with Crippen molar-refractivity contribution in [2.45, 2.75) is 25.7 Å². The number of ether oxygens (including phenoxy) is 1. The second kappa shape index (κ2) is 6.17. The number of fused-ring (bicyclic) bond motifs is 1. The zero-order chi connectivity index (χ0) is 14.7. The van der Waals surface area contributed by atoms with Gasteiger partial charge in [-0.15, -0.1) is 0 Å². The Kier molecular flexibility index (Phi) is 4.10. The Balaban J connectivity index is 1.56. The van der Waals surface area contributed by atoms with Gasteiger partial charge in [-0.2, -0.15) is 8.75 Å². The van der Waals surface area contributed by atoms with Crippen LogP contribution in [-0.4, -0.2) is 27.2 Å². The van der Waals surface area contributed by atoms with Gasteiger partial charge in [0.15, 0.2) is 6.61 Å². The Hall–Kier alpha value is -2.02. The highest BCUT2D eigenvalue weighted by molar-refractivity contribution is 7.00. The van der Waals surface area contributed by atoms with Crippen LogP contribution in [0.2, 0.25) is 0 Å². The lowest BCUT2D eigenvalue weighted by Gasteiger charge is -2.10. The van der Waals surface area contributed by atoms with Crippen LogP contribution in [0, 0.1) is 5.92 Å². The third kappa shape index (κ3) is 3.18. The number of esters is 1. The zero-order valence-corrected chi connectivity index (χ0v) is 12.2. The minimum atomic E-state index is -0.359. The van der Waals surface area contributed by atoms with Crippen molar-refractivity contribution < 1.29 is 14.3 Å². The van der Waals surface area contributed by atoms with Crippen molar-refractivity contribution in [3.63, 3.8) is 0 Å². The Morgan fingerprint density at radius 1 is 1.29 bits per heavy atom. The molecule has 1 saturated carbocycles. The molecule has 0 spiro atoms. The minimum absolute atomic E-state index is 0.0380. The molecule has 1 aliphatic rings. The first kappa shape index (κ1) is 13.9. The van der Waals surface area contributed by atoms with Gasteiger partial charge in [0.25, 0.3) is 5.91 Å². The first-order valence-corrected chi connectivity index (χ1v) is 7.65. The minimum Gasteiger partial charge on any atom is -0.455 e. The number of nitrogens with one attached hydrogen (secondary N) is 1. The number of nitrogens with zero attached hydrogens (tertiary/aromatic N) is 2. The second-order valence-corrected chi connectivity index (χ2v) is 5.60. The number of carbonyl (C=O) groups excluding carboxylic acids is 2. The molecule has 6 nitrogen and oxygen atoms in total. The van der Waals surface area contributed by atoms with Gasteiger partial charge in [-0.05, 0) is 25.0 Å². The van der Waals surface area contributed by atoms with Crippen LogP contribution in [0.4, 0.5) is 5.69 Å². The van der Waals surface area contributed by atoms with E-state index in [0.29, 0.717) is 11.2 Å². The number of amides is 1. The van der Waals surface area contributed by atoms with Gasteiger partial charge in [-0.25, -0.2) is 0 Å². The third-order valence-electron chi connectivity index (χ3n) is 3.59. The summed E-state index contributed by atoms with van der Waals surface area (Å²) in [4.78, 5) is 23.6. The molecule has 7 heteroatoms. The van der Waals surface area contributed by atoms with Crippen molar-refractivity contribution in [2.75, 3.05) is 11.9 Å². The summed E-state index contributed by atoms with van der Waals surface area (Å²) >= 11 is 1.09. The van der Waals surface area contributed by atoms with Crippen LogP contribution in [0.1, 0.15) is 25.7 Å². The van der Waals surface area contributed by atoms with Crippen LogP contribution in [0.25, 0.3) is 11.0 Å². The monoisotopic (exact) mass is 305 g/mol. The molecular formula is C14H15N3O3S. The summed E-state index contributed by atoms with van der Waals surface area (Å²) in [6, 6.07) is 5.37. The molecule has 1 aliphatic carbocycles. The molecule has 0 radical (unpaired) electrons. The molecule has 1 N–H and O–H groups in total. The number of benzene rings is 1. The van der Waals surface area contributed by atoms with Crippen LogP contribution < -0.4 is 5.32 Å². The van der Waals surface area contributed by atoms with E-state index in [1.54, 1.807) is 12.1 Å². The highest BCUT2D eigenvalue weighted by Crippen LogP contribution is 2.25. The van der Waals surface area contributed by atoms with Crippen LogP contribution in [0.5, 0.6) is 0 Å². The van der Waals surface area contributed by atoms with Crippen molar-refractivity contribution >= 4 is 40.3 Å². The van der Waals surface area contributed by atoms with Gasteiger partial charge in [0.1, 0.15) is 11.0 Å². The van der Waals surface area contributed by atoms with Gasteiger partial charge in [0, 0.05) is 0 Å². The normalized spacial score (nSPS) is 15.2. The molecule has 1 amide bonds. The van der Waals surface area contributed by atoms with E-state index < -0.39 is 0 Å². The van der Waals surface area contributed by atoms with Crippen LogP contribution in [0.15, 0.2) is 18.2 Å². The van der Waals surface area contributed by atoms with Crippen molar-refractivity contribution in [3.8, 4) is 0 Å². The van der Waals surface area contributed by atoms with E-state index in [1.165, 1.54) is 0 Å². The molecule has 3 rings (SSSR count). The summed E-state index contributed by atoms with van der Waals surface area (Å²) in [5.41, 5.74) is 1.97. The molecule has 0 saturated heterocycles. The van der Waals surface area contributed by atoms with Gasteiger partial charge >= 0.3 is 5.97 Å². The van der Waals surface area contributed by atoms with Crippen LogP contribution in [-0.2, 0) is 14.3 Å². The molecule has 0 aliphatic heterocycles. The number of anilines is 1. The average Bonchev–Trinajstić information content (AvgIpc) is 3.16. The molecule has 1 fully saturated rings. The summed E-state index contributed by atoms with van der Waals surface area (Å²) in [7, 11) is 0. The van der Waals surface area contributed by atoms with Gasteiger partial charge < -0.3 is 10.1 Å². The summed E-state index contributed by atoms with van der Waals surface area (Å²) in [5.74, 6) is -0.665. The van der Waals surface area contributed by atoms with Crippen molar-refractivity contribution in [1.82, 2.24) is 8.75 Å². The summed E-state index contributed by atoms with van der Waals surface area (Å²) in [5, 5.41) is 2.70. The summed E-state index contributed by atoms with van der Waals surface area (Å²) in [6.45, 7) is -0.261. The smallest absolute Gasteiger partial charge is 0.309 e. The fourth-order valence-electron chi connectivity index (χ4n) is 2.51. The van der Waals surface area contributed by atoms with E-state index >= 15 is 0 Å². The number of hydrogen-bond donors (Lipinski definition) is 1. The Morgan fingerprint density at radius 3 is 2.90 bits per heavy atom. The maximum atomic E-state index is 11.9. The molecule has 1 aromatic heterocycles. The lowest BCUT2D eigenvalue weighted by molar-refractivity contribution is -0.151. The largest absolute Gasteiger partial charge is 0.455 e. The van der Waals surface area contributed by atoms with Gasteiger partial charge in [0.05, 0.1) is 23.3 Å². The van der Waals surface area contributed by atoms with E-state index in [1.807, 2.05) is 6.07 Å². The highest BCUT2D eigenvalue weighted by atomic mass is 32.1. The quantitative estimate of drug-likeness (QED) is 0.877. The maximum Gasteiger partial charge on any atom is 0.309 e. The fraction of sp³-hybridized carbons (Fsp3) is 0.429. The van der Waals surface area contributed by atoms with Crippen molar-refractivity contribution in [2.24, 2.45) is 5.92 Å². The molecule has 1 heterocycles. The lowest BCUT2D eigenvalue weighted by atomic mass is 10.1. The van der Waals surface area contributed by atoms with Gasteiger partial charge in [-0.1, -0.05) is 18.9 Å². The lowest BCUT2D eigenvalue weighted by Crippen LogP contribution is -2.23. The SMILES string of the molecule is O=C(COC(=O)C1CCCC1)Nc1cccc2nsnc12. The molecule has 0 unspecified atom stereocenters. The predicted molar refractivity (Wildman–Crippen MR) is 79.0 cm³/mol. The van der Waals surface area contributed by atoms with E-state index in [2.05, 4.69) is 14.1 Å². The van der Waals surface area contributed by atoms with Crippen LogP contribution in [0.3, 0.4) is 0 Å². The highest BCUT2D eigenvalue weighted by Gasteiger charge is 2.24.